The molecule has 0 aromatic carbocycles. The lowest BCUT2D eigenvalue weighted by Gasteiger charge is -2.14. The van der Waals surface area contributed by atoms with Crippen molar-refractivity contribution in [2.45, 2.75) is 59.3 Å². The number of aryl methyl sites for hydroxylation is 2. The number of nitrogens with zero attached hydrogens (tertiary/aromatic N) is 1. The average Bonchev–Trinajstić information content (AvgIpc) is 2.81. The van der Waals surface area contributed by atoms with Gasteiger partial charge in [-0.2, -0.15) is 5.10 Å². The van der Waals surface area contributed by atoms with E-state index in [4.69, 9.17) is 0 Å². The number of hydrogen-bond acceptors (Lipinski definition) is 2. The molecule has 4 nitrogen and oxygen atoms in total. The molecule has 1 amide bonds. The third kappa shape index (κ3) is 5.45. The van der Waals surface area contributed by atoms with E-state index in [1.165, 1.54) is 5.56 Å². The Morgan fingerprint density at radius 1 is 1.42 bits per heavy atom. The van der Waals surface area contributed by atoms with Gasteiger partial charge in [-0.15, -0.1) is 0 Å². The highest BCUT2D eigenvalue weighted by molar-refractivity contribution is 5.78. The summed E-state index contributed by atoms with van der Waals surface area (Å²) in [4.78, 5) is 12.0. The van der Waals surface area contributed by atoms with E-state index in [1.54, 1.807) is 0 Å². The summed E-state index contributed by atoms with van der Waals surface area (Å²) in [6.07, 6.45) is 8.05. The number of nitrogens with one attached hydrogen (secondary N) is 2. The van der Waals surface area contributed by atoms with Crippen LogP contribution < -0.4 is 5.32 Å². The Kier molecular flexibility index (Phi) is 7.23. The van der Waals surface area contributed by atoms with Gasteiger partial charge in [-0.3, -0.25) is 9.89 Å². The number of H-pyrrole nitrogens is 1. The molecule has 0 radical (unpaired) electrons. The third-order valence-electron chi connectivity index (χ3n) is 3.63. The third-order valence-corrected chi connectivity index (χ3v) is 3.63. The molecule has 0 aliphatic rings. The van der Waals surface area contributed by atoms with Crippen LogP contribution >= 0.6 is 0 Å². The van der Waals surface area contributed by atoms with Gasteiger partial charge >= 0.3 is 0 Å². The van der Waals surface area contributed by atoms with Crippen LogP contribution in [0.3, 0.4) is 0 Å². The van der Waals surface area contributed by atoms with Crippen LogP contribution in [-0.4, -0.2) is 22.6 Å². The maximum absolute atomic E-state index is 12.0. The molecule has 0 saturated heterocycles. The Morgan fingerprint density at radius 2 is 2.21 bits per heavy atom. The summed E-state index contributed by atoms with van der Waals surface area (Å²) in [7, 11) is 0. The van der Waals surface area contributed by atoms with E-state index >= 15 is 0 Å². The van der Waals surface area contributed by atoms with Crippen LogP contribution in [0.4, 0.5) is 0 Å². The van der Waals surface area contributed by atoms with Crippen molar-refractivity contribution < 1.29 is 4.79 Å². The topological polar surface area (TPSA) is 57.8 Å². The van der Waals surface area contributed by atoms with Crippen LogP contribution in [0.1, 0.15) is 57.2 Å². The van der Waals surface area contributed by atoms with Crippen molar-refractivity contribution in [1.82, 2.24) is 15.5 Å². The summed E-state index contributed by atoms with van der Waals surface area (Å²) in [5.41, 5.74) is 2.37. The van der Waals surface area contributed by atoms with Gasteiger partial charge in [0.05, 0.1) is 6.20 Å². The molecule has 1 rings (SSSR count). The van der Waals surface area contributed by atoms with Crippen LogP contribution in [0.15, 0.2) is 6.20 Å². The van der Waals surface area contributed by atoms with Gasteiger partial charge in [0.1, 0.15) is 0 Å². The van der Waals surface area contributed by atoms with E-state index in [2.05, 4.69) is 29.4 Å². The predicted octanol–water partition coefficient (Wildman–Crippen LogP) is 2.98. The van der Waals surface area contributed by atoms with Gasteiger partial charge in [0, 0.05) is 18.2 Å². The van der Waals surface area contributed by atoms with Gasteiger partial charge in [-0.25, -0.2) is 0 Å². The lowest BCUT2D eigenvalue weighted by Crippen LogP contribution is -2.31. The molecular weight excluding hydrogens is 238 g/mol. The Bertz CT molecular complexity index is 373. The molecule has 0 fully saturated rings. The molecule has 1 atom stereocenters. The molecule has 19 heavy (non-hydrogen) atoms. The number of amides is 1. The van der Waals surface area contributed by atoms with Crippen molar-refractivity contribution in [2.24, 2.45) is 5.92 Å². The van der Waals surface area contributed by atoms with Gasteiger partial charge in [-0.05, 0) is 38.2 Å². The zero-order valence-corrected chi connectivity index (χ0v) is 12.5. The number of carbonyl (C=O) groups excluding carboxylic acids is 1. The normalized spacial score (nSPS) is 12.4. The molecule has 0 aliphatic heterocycles. The SMILES string of the molecule is CCCCC(CC)C(=O)NCCCc1cn[nH]c1C. The molecule has 1 unspecified atom stereocenters. The van der Waals surface area contributed by atoms with Crippen molar-refractivity contribution in [2.75, 3.05) is 6.54 Å². The first-order valence-electron chi connectivity index (χ1n) is 7.45. The van der Waals surface area contributed by atoms with Crippen molar-refractivity contribution in [3.8, 4) is 0 Å². The molecule has 1 heterocycles. The first kappa shape index (κ1) is 15.7. The Balaban J connectivity index is 2.20. The van der Waals surface area contributed by atoms with Gasteiger partial charge in [0.2, 0.25) is 5.91 Å². The maximum atomic E-state index is 12.0. The first-order valence-corrected chi connectivity index (χ1v) is 7.45. The average molecular weight is 265 g/mol. The second-order valence-corrected chi connectivity index (χ2v) is 5.16. The zero-order chi connectivity index (χ0) is 14.1. The Labute approximate surface area is 116 Å². The molecule has 1 aromatic heterocycles. The molecule has 108 valence electrons. The van der Waals surface area contributed by atoms with E-state index in [1.807, 2.05) is 13.1 Å². The van der Waals surface area contributed by atoms with Crippen molar-refractivity contribution in [3.05, 3.63) is 17.5 Å². The lowest BCUT2D eigenvalue weighted by atomic mass is 9.98. The summed E-state index contributed by atoms with van der Waals surface area (Å²) in [6.45, 7) is 7.04. The Hall–Kier alpha value is -1.32. The molecular formula is C15H27N3O. The van der Waals surface area contributed by atoms with E-state index < -0.39 is 0 Å². The van der Waals surface area contributed by atoms with Crippen LogP contribution in [-0.2, 0) is 11.2 Å². The zero-order valence-electron chi connectivity index (χ0n) is 12.5. The van der Waals surface area contributed by atoms with Crippen LogP contribution in [0.5, 0.6) is 0 Å². The number of carbonyl (C=O) groups is 1. The largest absolute Gasteiger partial charge is 0.356 e. The molecule has 0 bridgehead atoms. The fraction of sp³-hybridized carbons (Fsp3) is 0.733. The number of rotatable bonds is 9. The minimum absolute atomic E-state index is 0.190. The molecule has 4 heteroatoms. The summed E-state index contributed by atoms with van der Waals surface area (Å²) >= 11 is 0. The van der Waals surface area contributed by atoms with Crippen LogP contribution in [0.25, 0.3) is 0 Å². The van der Waals surface area contributed by atoms with Crippen LogP contribution in [0, 0.1) is 12.8 Å². The monoisotopic (exact) mass is 265 g/mol. The molecule has 2 N–H and O–H groups in total. The summed E-state index contributed by atoms with van der Waals surface area (Å²) < 4.78 is 0. The second-order valence-electron chi connectivity index (χ2n) is 5.16. The van der Waals surface area contributed by atoms with Gasteiger partial charge in [0.25, 0.3) is 0 Å². The van der Waals surface area contributed by atoms with Crippen molar-refractivity contribution in [1.29, 1.82) is 0 Å². The highest BCUT2D eigenvalue weighted by atomic mass is 16.1. The highest BCUT2D eigenvalue weighted by Gasteiger charge is 2.14. The predicted molar refractivity (Wildman–Crippen MR) is 78.0 cm³/mol. The van der Waals surface area contributed by atoms with E-state index in [0.717, 1.165) is 50.8 Å². The minimum atomic E-state index is 0.190. The quantitative estimate of drug-likeness (QED) is 0.674. The fourth-order valence-corrected chi connectivity index (χ4v) is 2.23. The van der Waals surface area contributed by atoms with Gasteiger partial charge in [-0.1, -0.05) is 26.7 Å². The lowest BCUT2D eigenvalue weighted by molar-refractivity contribution is -0.125. The van der Waals surface area contributed by atoms with Crippen molar-refractivity contribution >= 4 is 5.91 Å². The molecule has 0 spiro atoms. The standard InChI is InChI=1S/C15H27N3O/c1-4-6-8-13(5-2)15(19)16-10-7-9-14-11-17-18-12(14)3/h11,13H,4-10H2,1-3H3,(H,16,19)(H,17,18). The number of aromatic nitrogens is 2. The highest BCUT2D eigenvalue weighted by Crippen LogP contribution is 2.12. The molecule has 0 aliphatic carbocycles. The summed E-state index contributed by atoms with van der Waals surface area (Å²) in [6, 6.07) is 0. The number of unbranched alkanes of at least 4 members (excludes halogenated alkanes) is 1. The van der Waals surface area contributed by atoms with Crippen molar-refractivity contribution in [3.63, 3.8) is 0 Å². The van der Waals surface area contributed by atoms with Crippen LogP contribution in [0.2, 0.25) is 0 Å². The van der Waals surface area contributed by atoms with E-state index in [9.17, 15) is 4.79 Å². The minimum Gasteiger partial charge on any atom is -0.356 e. The fourth-order valence-electron chi connectivity index (χ4n) is 2.23. The number of hydrogen-bond donors (Lipinski definition) is 2. The maximum Gasteiger partial charge on any atom is 0.223 e. The first-order chi connectivity index (χ1) is 9.19. The summed E-state index contributed by atoms with van der Waals surface area (Å²) in [5.74, 6) is 0.412. The second kappa shape index (κ2) is 8.73. The Morgan fingerprint density at radius 3 is 2.79 bits per heavy atom. The van der Waals surface area contributed by atoms with E-state index in [0.29, 0.717) is 0 Å². The van der Waals surface area contributed by atoms with Gasteiger partial charge < -0.3 is 5.32 Å². The van der Waals surface area contributed by atoms with E-state index in [-0.39, 0.29) is 11.8 Å². The molecule has 1 aromatic rings. The van der Waals surface area contributed by atoms with Gasteiger partial charge in [0.15, 0.2) is 0 Å². The summed E-state index contributed by atoms with van der Waals surface area (Å²) in [5, 5.41) is 9.98. The number of aromatic amines is 1. The smallest absolute Gasteiger partial charge is 0.223 e. The molecule has 0 saturated carbocycles.